The molecule has 7 aromatic carbocycles. The summed E-state index contributed by atoms with van der Waals surface area (Å²) in [6, 6.07) is 59.3. The van der Waals surface area contributed by atoms with Crippen molar-refractivity contribution < 1.29 is 9.47 Å². The molecule has 35 atom stereocenters. The van der Waals surface area contributed by atoms with E-state index in [4.69, 9.17) is 9.47 Å². The van der Waals surface area contributed by atoms with Gasteiger partial charge in [-0.25, -0.2) is 0 Å². The van der Waals surface area contributed by atoms with Gasteiger partial charge >= 0.3 is 0 Å². The summed E-state index contributed by atoms with van der Waals surface area (Å²) >= 11 is 0. The lowest BCUT2D eigenvalue weighted by Gasteiger charge is -2.41. The number of aryl methyl sites for hydroxylation is 2. The SMILES string of the molecule is CC1C2C=CC=CC2C2C1c1ccccc1N2C.CC1C2C=CC=CC2C2C1c1ccccc1N2C[Si](C)(C)C.CC1C2C=CC=CC2C2C1c1ccccc1N2[Si](C)(C)C.COc1ccc2c(c1)C1C(C)C3C=CC=CC3C1N2C.COc1ccc2c(c1)C1C(C)C3C=CC=CC3C1N2[Si](C)(C)C.Cc1ccc2c(c1)C1C(C)C3C=CC=CC3C1N2C.Cc1ccc2c(c1)C1C(C)C3C=CC=CC3C1N2[Si](C)(C)C. The van der Waals surface area contributed by atoms with Gasteiger partial charge in [0, 0.05) is 192 Å². The van der Waals surface area contributed by atoms with Crippen LogP contribution in [0.25, 0.3) is 0 Å². The molecule has 9 nitrogen and oxygen atoms in total. The summed E-state index contributed by atoms with van der Waals surface area (Å²) in [5.74, 6) is 21.4. The molecule has 145 heavy (non-hydrogen) atoms. The third-order valence-corrected chi connectivity index (χ3v) is 47.1. The van der Waals surface area contributed by atoms with Crippen molar-refractivity contribution in [2.45, 2.75) is 225 Å². The number of rotatable bonds is 7. The minimum atomic E-state index is -1.46. The third kappa shape index (κ3) is 16.6. The third-order valence-electron chi connectivity index (χ3n) is 39.9. The molecular weight excluding hydrogens is 1830 g/mol. The molecule has 0 saturated heterocycles. The van der Waals surface area contributed by atoms with Crippen molar-refractivity contribution in [1.29, 1.82) is 0 Å². The Balaban J connectivity index is 0.0000000965. The van der Waals surface area contributed by atoms with Crippen molar-refractivity contribution in [3.05, 3.63) is 366 Å². The van der Waals surface area contributed by atoms with Crippen molar-refractivity contribution in [1.82, 2.24) is 0 Å². The first kappa shape index (κ1) is 99.6. The predicted octanol–water partition coefficient (Wildman–Crippen LogP) is 30.7. The van der Waals surface area contributed by atoms with Gasteiger partial charge in [-0.2, -0.15) is 0 Å². The van der Waals surface area contributed by atoms with Crippen LogP contribution in [0, 0.1) is 138 Å². The van der Waals surface area contributed by atoms with Crippen LogP contribution in [0.5, 0.6) is 11.5 Å². The van der Waals surface area contributed by atoms with Crippen LogP contribution in [0.4, 0.5) is 39.8 Å². The first-order valence-electron chi connectivity index (χ1n) is 56.1. The molecule has 14 aliphatic carbocycles. The molecule has 7 saturated carbocycles. The Morgan fingerprint density at radius 2 is 0.441 bits per heavy atom. The smallest absolute Gasteiger partial charge is 0.147 e. The Bertz CT molecular complexity index is 6530. The average molecular weight is 2000 g/mol. The number of ether oxygens (including phenoxy) is 2. The van der Waals surface area contributed by atoms with E-state index in [1.165, 1.54) is 68.2 Å². The van der Waals surface area contributed by atoms with Crippen LogP contribution in [0.15, 0.2) is 316 Å². The molecule has 0 aromatic heterocycles. The first-order valence-corrected chi connectivity index (χ1v) is 70.2. The summed E-state index contributed by atoms with van der Waals surface area (Å²) < 4.78 is 19.5. The van der Waals surface area contributed by atoms with Crippen LogP contribution in [0.1, 0.15) is 140 Å². The van der Waals surface area contributed by atoms with E-state index in [1.54, 1.807) is 42.0 Å². The quantitative estimate of drug-likeness (QED) is 0.145. The number of anilines is 7. The van der Waals surface area contributed by atoms with Crippen molar-refractivity contribution in [3.8, 4) is 11.5 Å². The number of benzene rings is 7. The number of allylic oxidation sites excluding steroid dienone is 21. The van der Waals surface area contributed by atoms with E-state index in [9.17, 15) is 0 Å². The summed E-state index contributed by atoms with van der Waals surface area (Å²) in [5, 5.41) is 0. The van der Waals surface area contributed by atoms with Crippen LogP contribution in [-0.2, 0) is 0 Å². The number of nitrogens with zero attached hydrogens (tertiary/aromatic N) is 7. The molecule has 13 heteroatoms. The van der Waals surface area contributed by atoms with Crippen LogP contribution in [0.3, 0.4) is 0 Å². The number of hydrogen-bond donors (Lipinski definition) is 0. The number of fused-ring (bicyclic) bond motifs is 35. The highest BCUT2D eigenvalue weighted by Gasteiger charge is 2.63. The zero-order valence-corrected chi connectivity index (χ0v) is 95.9. The molecule has 7 aliphatic heterocycles. The van der Waals surface area contributed by atoms with Gasteiger partial charge in [0.05, 0.1) is 22.3 Å². The summed E-state index contributed by atoms with van der Waals surface area (Å²) in [6.07, 6.45) is 66.9. The highest BCUT2D eigenvalue weighted by molar-refractivity contribution is 6.81. The lowest BCUT2D eigenvalue weighted by atomic mass is 9.83. The highest BCUT2D eigenvalue weighted by Crippen LogP contribution is 2.67. The normalized spacial score (nSPS) is 36.5. The van der Waals surface area contributed by atoms with Gasteiger partial charge in [0.2, 0.25) is 0 Å². The fourth-order valence-corrected chi connectivity index (χ4v) is 42.3. The maximum Gasteiger partial charge on any atom is 0.147 e. The number of hydrogen-bond acceptors (Lipinski definition) is 9. The van der Waals surface area contributed by atoms with Gasteiger partial charge in [0.15, 0.2) is 0 Å². The predicted molar refractivity (Wildman–Crippen MR) is 628 cm³/mol. The Hall–Kier alpha value is -10.0. The van der Waals surface area contributed by atoms with Gasteiger partial charge in [0.1, 0.15) is 36.2 Å². The van der Waals surface area contributed by atoms with Gasteiger partial charge in [-0.3, -0.25) is 0 Å². The molecule has 35 unspecified atom stereocenters. The van der Waals surface area contributed by atoms with Gasteiger partial charge in [0.25, 0.3) is 0 Å². The zero-order valence-electron chi connectivity index (χ0n) is 91.9. The van der Waals surface area contributed by atoms with E-state index in [1.807, 2.05) is 0 Å². The molecule has 0 spiro atoms. The molecule has 21 aliphatic rings. The minimum absolute atomic E-state index is 0.596. The Morgan fingerprint density at radius 3 is 0.772 bits per heavy atom. The van der Waals surface area contributed by atoms with Gasteiger partial charge in [-0.05, 0) is 202 Å². The van der Waals surface area contributed by atoms with Crippen LogP contribution >= 0.6 is 0 Å². The molecule has 7 aromatic rings. The van der Waals surface area contributed by atoms with Crippen molar-refractivity contribution >= 4 is 72.6 Å². The summed E-state index contributed by atoms with van der Waals surface area (Å²) in [7, 11) is 4.91. The molecule has 7 fully saturated rings. The molecule has 0 bridgehead atoms. The maximum absolute atomic E-state index is 5.53. The summed E-state index contributed by atoms with van der Waals surface area (Å²) in [5.41, 5.74) is 24.1. The first-order chi connectivity index (χ1) is 69.5. The fourth-order valence-electron chi connectivity index (χ4n) is 34.4. The van der Waals surface area contributed by atoms with Gasteiger partial charge < -0.3 is 42.8 Å². The Labute approximate surface area is 876 Å². The molecule has 0 radical (unpaired) electrons. The number of likely N-dealkylation sites (N-methyl/N-ethyl adjacent to an activating group) is 3. The Morgan fingerprint density at radius 1 is 0.228 bits per heavy atom. The second-order valence-corrected chi connectivity index (χ2v) is 71.8. The van der Waals surface area contributed by atoms with E-state index in [2.05, 4.69) is 511 Å². The Kier molecular flexibility index (Phi) is 26.2. The molecule has 0 N–H and O–H groups in total. The largest absolute Gasteiger partial charge is 0.497 e. The van der Waals surface area contributed by atoms with E-state index in [0.29, 0.717) is 155 Å². The average Bonchev–Trinajstić information content (AvgIpc) is 1.61. The van der Waals surface area contributed by atoms with Crippen molar-refractivity contribution in [3.63, 3.8) is 0 Å². The lowest BCUT2D eigenvalue weighted by molar-refractivity contribution is 0.410. The standard InChI is InChI=1S/C20H27NOSi.2C20H27NSi.C19H25NSi.C18H21NO.C18H21N.C17H19N/c1-13-15-8-6-7-9-16(15)20-19(13)17-12-14(22-2)10-11-18(17)21(20)23(3,4)5;1-13-10-11-18-17(12-13)19-14(2)15-8-6-7-9-16(15)20(19)21(18)22(3,4)5;1-14-15-9-5-6-10-16(15)20-19(14)17-11-7-8-12-18(17)21(20)13-22(2,3)4;1-13-14-9-5-6-10-15(14)19-18(13)16-11-7-8-12-17(16)20(19)21(2,3)4;1-11-13-6-4-5-7-14(13)18-17(11)15-10-12(20-3)8-9-16(15)19(18)2;1-11-8-9-16-15(10-11)17-12(2)13-6-4-5-7-14(13)18(17)19(16)3;1-11-12-7-3-4-8-13(12)17-16(11)14-9-5-6-10-15(14)18(17)2/h6-13,15-16,19-20H,1-5H3;6-12,14-16,19-20H,1-5H3;5-12,14-16,19-20H,13H2,1-4H3;5-15,18-19H,1-4H3;4-11,13-14,17-18H,1-3H3;4-10,12-14,17-18H,1-3H3;3-13,16-17H,1-2H3. The number of methoxy groups -OCH3 is 2. The van der Waals surface area contributed by atoms with Crippen LogP contribution in [0.2, 0.25) is 78.6 Å². The second kappa shape index (κ2) is 38.2. The van der Waals surface area contributed by atoms with E-state index < -0.39 is 32.8 Å². The highest BCUT2D eigenvalue weighted by atomic mass is 28.3. The summed E-state index contributed by atoms with van der Waals surface area (Å²) in [6.45, 7) is 51.5. The molecule has 7 heterocycles. The maximum atomic E-state index is 5.53. The van der Waals surface area contributed by atoms with Crippen LogP contribution in [-0.4, -0.2) is 117 Å². The van der Waals surface area contributed by atoms with E-state index in [-0.39, 0.29) is 0 Å². The molecule has 28 rings (SSSR count). The van der Waals surface area contributed by atoms with Gasteiger partial charge in [-0.15, -0.1) is 0 Å². The minimum Gasteiger partial charge on any atom is -0.497 e. The molecular formula is C132H167N7O2Si4. The second-order valence-electron chi connectivity index (χ2n) is 51.9. The molecule has 0 amide bonds. The van der Waals surface area contributed by atoms with E-state index in [0.717, 1.165) is 64.8 Å². The van der Waals surface area contributed by atoms with Crippen molar-refractivity contribution in [2.75, 3.05) is 74.8 Å². The number of para-hydroxylation sites is 3. The topological polar surface area (TPSA) is 41.1 Å². The van der Waals surface area contributed by atoms with E-state index >= 15 is 0 Å². The van der Waals surface area contributed by atoms with Crippen molar-refractivity contribution in [2.24, 2.45) is 124 Å². The summed E-state index contributed by atoms with van der Waals surface area (Å²) in [4.78, 5) is 10.3. The lowest BCUT2D eigenvalue weighted by Crippen LogP contribution is -2.52. The van der Waals surface area contributed by atoms with Gasteiger partial charge in [-0.1, -0.05) is 387 Å². The fraction of sp³-hybridized carbons (Fsp3) is 0.470. The van der Waals surface area contributed by atoms with Crippen LogP contribution < -0.4 is 42.8 Å². The monoisotopic (exact) mass is 1990 g/mol. The molecule has 758 valence electrons. The zero-order chi connectivity index (χ0) is 102.